The van der Waals surface area contributed by atoms with Crippen LogP contribution in [0, 0.1) is 0 Å². The van der Waals surface area contributed by atoms with Gasteiger partial charge in [0.15, 0.2) is 5.78 Å². The number of allylic oxidation sites excluding steroid dienone is 1. The Morgan fingerprint density at radius 3 is 2.26 bits per heavy atom. The van der Waals surface area contributed by atoms with Crippen LogP contribution in [0.15, 0.2) is 89.8 Å². The molecule has 0 bridgehead atoms. The fourth-order valence-electron chi connectivity index (χ4n) is 3.94. The highest BCUT2D eigenvalue weighted by Gasteiger charge is 2.25. The van der Waals surface area contributed by atoms with Crippen LogP contribution in [0.4, 0.5) is 0 Å². The van der Waals surface area contributed by atoms with Crippen LogP contribution in [0.25, 0.3) is 6.08 Å². The molecule has 0 aromatic heterocycles. The summed E-state index contributed by atoms with van der Waals surface area (Å²) < 4.78 is 33.3. The molecule has 5 nitrogen and oxygen atoms in total. The SMILES string of the molecule is O=C(C=Cc1cccc(OCc2ccccc2)c1)c1ccc(S(=O)(=O)N2CCCCCC2)cc1. The summed E-state index contributed by atoms with van der Waals surface area (Å²) in [7, 11) is -3.52. The molecular weight excluding hydrogens is 446 g/mol. The van der Waals surface area contributed by atoms with Crippen molar-refractivity contribution < 1.29 is 17.9 Å². The van der Waals surface area contributed by atoms with Crippen molar-refractivity contribution in [2.24, 2.45) is 0 Å². The predicted octanol–water partition coefficient (Wildman–Crippen LogP) is 5.73. The van der Waals surface area contributed by atoms with Crippen molar-refractivity contribution in [3.63, 3.8) is 0 Å². The van der Waals surface area contributed by atoms with Crippen molar-refractivity contribution >= 4 is 21.9 Å². The molecule has 1 aliphatic rings. The Kier molecular flexibility index (Phi) is 7.93. The second kappa shape index (κ2) is 11.3. The number of hydrogen-bond acceptors (Lipinski definition) is 4. The van der Waals surface area contributed by atoms with Crippen LogP contribution < -0.4 is 4.74 Å². The van der Waals surface area contributed by atoms with E-state index in [1.807, 2.05) is 54.6 Å². The number of ketones is 1. The highest BCUT2D eigenvalue weighted by atomic mass is 32.2. The van der Waals surface area contributed by atoms with Crippen molar-refractivity contribution in [3.05, 3.63) is 102 Å². The molecule has 0 aliphatic carbocycles. The first-order valence-corrected chi connectivity index (χ1v) is 13.1. The van der Waals surface area contributed by atoms with Crippen LogP contribution in [0.5, 0.6) is 5.75 Å². The van der Waals surface area contributed by atoms with E-state index in [1.165, 1.54) is 18.2 Å². The molecule has 6 heteroatoms. The van der Waals surface area contributed by atoms with Gasteiger partial charge in [0.25, 0.3) is 0 Å². The Balaban J connectivity index is 1.39. The second-order valence-electron chi connectivity index (χ2n) is 8.39. The first kappa shape index (κ1) is 23.9. The summed E-state index contributed by atoms with van der Waals surface area (Å²) in [5, 5.41) is 0. The lowest BCUT2D eigenvalue weighted by Gasteiger charge is -2.19. The van der Waals surface area contributed by atoms with Gasteiger partial charge in [-0.05, 0) is 66.4 Å². The summed E-state index contributed by atoms with van der Waals surface area (Å²) in [6, 6.07) is 23.7. The van der Waals surface area contributed by atoms with Crippen molar-refractivity contribution in [2.45, 2.75) is 37.2 Å². The summed E-state index contributed by atoms with van der Waals surface area (Å²) in [5.41, 5.74) is 2.38. The molecule has 1 aliphatic heterocycles. The number of carbonyl (C=O) groups is 1. The predicted molar refractivity (Wildman–Crippen MR) is 134 cm³/mol. The Morgan fingerprint density at radius 2 is 1.56 bits per heavy atom. The van der Waals surface area contributed by atoms with E-state index in [1.54, 1.807) is 22.5 Å². The molecule has 0 unspecified atom stereocenters. The van der Waals surface area contributed by atoms with Gasteiger partial charge in [-0.15, -0.1) is 0 Å². The topological polar surface area (TPSA) is 63.7 Å². The first-order chi connectivity index (χ1) is 16.5. The molecule has 0 radical (unpaired) electrons. The van der Waals surface area contributed by atoms with E-state index in [0.29, 0.717) is 25.3 Å². The summed E-state index contributed by atoms with van der Waals surface area (Å²) in [5.74, 6) is 0.538. The molecule has 1 fully saturated rings. The third-order valence-electron chi connectivity index (χ3n) is 5.88. The van der Waals surface area contributed by atoms with Gasteiger partial charge in [0.1, 0.15) is 12.4 Å². The molecule has 1 heterocycles. The van der Waals surface area contributed by atoms with Gasteiger partial charge < -0.3 is 4.74 Å². The molecule has 176 valence electrons. The van der Waals surface area contributed by atoms with E-state index < -0.39 is 10.0 Å². The number of ether oxygens (including phenoxy) is 1. The van der Waals surface area contributed by atoms with Gasteiger partial charge in [-0.25, -0.2) is 8.42 Å². The van der Waals surface area contributed by atoms with Crippen LogP contribution in [-0.4, -0.2) is 31.6 Å². The molecule has 0 atom stereocenters. The van der Waals surface area contributed by atoms with E-state index in [0.717, 1.165) is 42.6 Å². The second-order valence-corrected chi connectivity index (χ2v) is 10.3. The molecular formula is C28H29NO4S. The lowest BCUT2D eigenvalue weighted by atomic mass is 10.1. The Labute approximate surface area is 201 Å². The minimum atomic E-state index is -3.52. The van der Waals surface area contributed by atoms with E-state index >= 15 is 0 Å². The zero-order valence-corrected chi connectivity index (χ0v) is 19.9. The average Bonchev–Trinajstić information content (AvgIpc) is 3.17. The summed E-state index contributed by atoms with van der Waals surface area (Å²) >= 11 is 0. The van der Waals surface area contributed by atoms with Crippen molar-refractivity contribution in [2.75, 3.05) is 13.1 Å². The largest absolute Gasteiger partial charge is 0.489 e. The number of carbonyl (C=O) groups excluding carboxylic acids is 1. The third-order valence-corrected chi connectivity index (χ3v) is 7.79. The van der Waals surface area contributed by atoms with Crippen LogP contribution in [0.1, 0.15) is 47.2 Å². The Bertz CT molecular complexity index is 1230. The van der Waals surface area contributed by atoms with E-state index in [2.05, 4.69) is 0 Å². The third kappa shape index (κ3) is 6.22. The molecule has 4 rings (SSSR count). The minimum absolute atomic E-state index is 0.186. The molecule has 1 saturated heterocycles. The van der Waals surface area contributed by atoms with Crippen molar-refractivity contribution in [3.8, 4) is 5.75 Å². The van der Waals surface area contributed by atoms with E-state index in [4.69, 9.17) is 4.74 Å². The molecule has 0 amide bonds. The van der Waals surface area contributed by atoms with Gasteiger partial charge in [-0.2, -0.15) is 4.31 Å². The summed E-state index contributed by atoms with van der Waals surface area (Å²) in [6.45, 7) is 1.58. The van der Waals surface area contributed by atoms with Gasteiger partial charge in [-0.3, -0.25) is 4.79 Å². The van der Waals surface area contributed by atoms with Gasteiger partial charge in [0, 0.05) is 18.7 Å². The molecule has 0 N–H and O–H groups in total. The maximum Gasteiger partial charge on any atom is 0.243 e. The fourth-order valence-corrected chi connectivity index (χ4v) is 5.46. The standard InChI is InChI=1S/C28H29NO4S/c30-28(18-13-23-11-8-12-26(21-23)33-22-24-9-4-3-5-10-24)25-14-16-27(17-15-25)34(31,32)29-19-6-1-2-7-20-29/h3-5,8-18,21H,1-2,6-7,19-20,22H2. The lowest BCUT2D eigenvalue weighted by molar-refractivity contribution is 0.104. The van der Waals surface area contributed by atoms with Gasteiger partial charge in [0.05, 0.1) is 4.90 Å². The van der Waals surface area contributed by atoms with Crippen LogP contribution in [0.3, 0.4) is 0 Å². The van der Waals surface area contributed by atoms with Crippen molar-refractivity contribution in [1.82, 2.24) is 4.31 Å². The molecule has 0 spiro atoms. The molecule has 3 aromatic rings. The van der Waals surface area contributed by atoms with Crippen LogP contribution >= 0.6 is 0 Å². The van der Waals surface area contributed by atoms with Crippen LogP contribution in [0.2, 0.25) is 0 Å². The quantitative estimate of drug-likeness (QED) is 0.308. The number of benzene rings is 3. The number of nitrogens with zero attached hydrogens (tertiary/aromatic N) is 1. The highest BCUT2D eigenvalue weighted by molar-refractivity contribution is 7.89. The molecule has 34 heavy (non-hydrogen) atoms. The first-order valence-electron chi connectivity index (χ1n) is 11.6. The smallest absolute Gasteiger partial charge is 0.243 e. The van der Waals surface area contributed by atoms with E-state index in [9.17, 15) is 13.2 Å². The number of sulfonamides is 1. The van der Waals surface area contributed by atoms with Gasteiger partial charge >= 0.3 is 0 Å². The Morgan fingerprint density at radius 1 is 0.853 bits per heavy atom. The monoisotopic (exact) mass is 475 g/mol. The average molecular weight is 476 g/mol. The normalized spacial score (nSPS) is 15.2. The molecule has 3 aromatic carbocycles. The number of hydrogen-bond donors (Lipinski definition) is 0. The van der Waals surface area contributed by atoms with Gasteiger partial charge in [-0.1, -0.05) is 61.4 Å². The maximum absolute atomic E-state index is 12.9. The summed E-state index contributed by atoms with van der Waals surface area (Å²) in [6.07, 6.45) is 7.13. The van der Waals surface area contributed by atoms with Crippen LogP contribution in [-0.2, 0) is 16.6 Å². The zero-order chi connectivity index (χ0) is 23.8. The minimum Gasteiger partial charge on any atom is -0.489 e. The number of rotatable bonds is 8. The zero-order valence-electron chi connectivity index (χ0n) is 19.1. The van der Waals surface area contributed by atoms with Crippen molar-refractivity contribution in [1.29, 1.82) is 0 Å². The van der Waals surface area contributed by atoms with E-state index in [-0.39, 0.29) is 10.7 Å². The lowest BCUT2D eigenvalue weighted by Crippen LogP contribution is -2.31. The molecule has 0 saturated carbocycles. The summed E-state index contributed by atoms with van der Waals surface area (Å²) in [4.78, 5) is 12.9. The maximum atomic E-state index is 12.9. The highest BCUT2D eigenvalue weighted by Crippen LogP contribution is 2.21. The Hall–Kier alpha value is -3.22. The van der Waals surface area contributed by atoms with Gasteiger partial charge in [0.2, 0.25) is 10.0 Å². The fraction of sp³-hybridized carbons (Fsp3) is 0.250.